The lowest BCUT2D eigenvalue weighted by Crippen LogP contribution is -2.61. The average Bonchev–Trinajstić information content (AvgIpc) is 3.28. The summed E-state index contributed by atoms with van der Waals surface area (Å²) >= 11 is 0. The van der Waals surface area contributed by atoms with Crippen LogP contribution in [0.4, 0.5) is 11.4 Å². The number of carbonyl (C=O) groups excluding carboxylic acids is 3. The van der Waals surface area contributed by atoms with E-state index < -0.39 is 24.0 Å². The first-order valence-corrected chi connectivity index (χ1v) is 10.8. The number of rotatable bonds is 6. The molecule has 32 heavy (non-hydrogen) atoms. The van der Waals surface area contributed by atoms with Gasteiger partial charge >= 0.3 is 5.97 Å². The van der Waals surface area contributed by atoms with Gasteiger partial charge in [0.15, 0.2) is 6.61 Å². The molecule has 0 radical (unpaired) electrons. The van der Waals surface area contributed by atoms with Crippen molar-refractivity contribution < 1.29 is 23.9 Å². The number of carbonyl (C=O) groups is 3. The minimum absolute atomic E-state index is 0.177. The molecule has 1 saturated carbocycles. The number of hydrogen-bond donors (Lipinski definition) is 1. The molecule has 1 heterocycles. The predicted molar refractivity (Wildman–Crippen MR) is 121 cm³/mol. The molecule has 1 aliphatic heterocycles. The lowest BCUT2D eigenvalue weighted by molar-refractivity contribution is -0.143. The third-order valence-corrected chi connectivity index (χ3v) is 5.86. The van der Waals surface area contributed by atoms with Gasteiger partial charge in [0.1, 0.15) is 11.3 Å². The van der Waals surface area contributed by atoms with Crippen molar-refractivity contribution in [2.75, 3.05) is 23.4 Å². The Labute approximate surface area is 187 Å². The predicted octanol–water partition coefficient (Wildman–Crippen LogP) is 3.94. The summed E-state index contributed by atoms with van der Waals surface area (Å²) in [7, 11) is 0. The fourth-order valence-corrected chi connectivity index (χ4v) is 4.38. The van der Waals surface area contributed by atoms with Gasteiger partial charge in [-0.25, -0.2) is 4.79 Å². The summed E-state index contributed by atoms with van der Waals surface area (Å²) in [4.78, 5) is 39.9. The van der Waals surface area contributed by atoms with Crippen molar-refractivity contribution in [3.63, 3.8) is 0 Å². The Morgan fingerprint density at radius 2 is 1.81 bits per heavy atom. The maximum Gasteiger partial charge on any atom is 0.331 e. The number of para-hydroxylation sites is 2. The van der Waals surface area contributed by atoms with Gasteiger partial charge in [0.2, 0.25) is 0 Å². The molecule has 0 unspecified atom stereocenters. The van der Waals surface area contributed by atoms with Crippen LogP contribution in [0.1, 0.15) is 38.2 Å². The number of hydrogen-bond acceptors (Lipinski definition) is 5. The van der Waals surface area contributed by atoms with Crippen LogP contribution in [0, 0.1) is 0 Å². The average molecular weight is 434 g/mol. The summed E-state index contributed by atoms with van der Waals surface area (Å²) in [5.41, 5.74) is 1.11. The molecule has 2 aromatic carbocycles. The maximum atomic E-state index is 13.2. The molecule has 4 rings (SSSR count). The molecule has 7 heteroatoms. The molecular weight excluding hydrogens is 408 g/mol. The Morgan fingerprint density at radius 3 is 2.53 bits per heavy atom. The van der Waals surface area contributed by atoms with Gasteiger partial charge in [0.05, 0.1) is 18.0 Å². The second-order valence-corrected chi connectivity index (χ2v) is 7.88. The number of fused-ring (bicyclic) bond motifs is 1. The third kappa shape index (κ3) is 4.23. The molecule has 2 aromatic rings. The van der Waals surface area contributed by atoms with E-state index in [1.165, 1.54) is 11.0 Å². The molecule has 166 valence electrons. The lowest BCUT2D eigenvalue weighted by atomic mass is 9.90. The molecule has 0 atom stereocenters. The van der Waals surface area contributed by atoms with E-state index in [0.29, 0.717) is 30.8 Å². The van der Waals surface area contributed by atoms with Crippen LogP contribution in [0.3, 0.4) is 0 Å². The van der Waals surface area contributed by atoms with Gasteiger partial charge in [0.25, 0.3) is 11.8 Å². The van der Waals surface area contributed by atoms with Crippen LogP contribution in [0.15, 0.2) is 54.6 Å². The monoisotopic (exact) mass is 434 g/mol. The molecule has 2 amide bonds. The van der Waals surface area contributed by atoms with Crippen LogP contribution >= 0.6 is 0 Å². The largest absolute Gasteiger partial charge is 0.494 e. The third-order valence-electron chi connectivity index (χ3n) is 5.86. The van der Waals surface area contributed by atoms with E-state index in [1.807, 2.05) is 37.3 Å². The van der Waals surface area contributed by atoms with Gasteiger partial charge in [-0.05, 0) is 55.7 Å². The zero-order chi connectivity index (χ0) is 22.6. The van der Waals surface area contributed by atoms with E-state index in [9.17, 15) is 14.4 Å². The Balaban J connectivity index is 1.44. The topological polar surface area (TPSA) is 84.9 Å². The molecule has 0 aromatic heterocycles. The van der Waals surface area contributed by atoms with Gasteiger partial charge < -0.3 is 14.8 Å². The molecule has 7 nitrogen and oxygen atoms in total. The second kappa shape index (κ2) is 9.26. The highest BCUT2D eigenvalue weighted by molar-refractivity contribution is 6.15. The number of esters is 1. The highest BCUT2D eigenvalue weighted by atomic mass is 16.5. The van der Waals surface area contributed by atoms with E-state index in [2.05, 4.69) is 5.32 Å². The van der Waals surface area contributed by atoms with Crippen LogP contribution in [0.2, 0.25) is 0 Å². The summed E-state index contributed by atoms with van der Waals surface area (Å²) in [6.45, 7) is 2.06. The molecular formula is C25H26N2O5. The van der Waals surface area contributed by atoms with E-state index >= 15 is 0 Å². The normalized spacial score (nSPS) is 16.7. The van der Waals surface area contributed by atoms with Gasteiger partial charge in [-0.2, -0.15) is 0 Å². The standard InChI is InChI=1S/C25H26N2O5/c1-2-31-19-12-9-18(10-13-19)11-14-23(29)32-17-22(28)27-21-8-4-3-7-20(21)26-24(30)25(27)15-5-6-16-25/h3-4,7-14H,2,5-6,15-17H2,1H3,(H,26,30)/b14-11+. The van der Waals surface area contributed by atoms with Crippen molar-refractivity contribution in [2.24, 2.45) is 0 Å². The lowest BCUT2D eigenvalue weighted by Gasteiger charge is -2.44. The summed E-state index contributed by atoms with van der Waals surface area (Å²) in [5.74, 6) is -0.451. The van der Waals surface area contributed by atoms with Crippen LogP contribution in [0.25, 0.3) is 6.08 Å². The molecule has 1 spiro atoms. The highest BCUT2D eigenvalue weighted by Crippen LogP contribution is 2.45. The van der Waals surface area contributed by atoms with E-state index in [0.717, 1.165) is 24.2 Å². The Hall–Kier alpha value is -3.61. The van der Waals surface area contributed by atoms with Crippen molar-refractivity contribution >= 4 is 35.2 Å². The van der Waals surface area contributed by atoms with E-state index in [1.54, 1.807) is 24.3 Å². The van der Waals surface area contributed by atoms with Crippen molar-refractivity contribution in [1.29, 1.82) is 0 Å². The number of nitrogens with one attached hydrogen (secondary N) is 1. The number of anilines is 2. The van der Waals surface area contributed by atoms with Gasteiger partial charge in [-0.15, -0.1) is 0 Å². The SMILES string of the molecule is CCOc1ccc(/C=C/C(=O)OCC(=O)N2c3ccccc3NC(=O)C23CCCC3)cc1. The summed E-state index contributed by atoms with van der Waals surface area (Å²) in [6, 6.07) is 14.5. The summed E-state index contributed by atoms with van der Waals surface area (Å²) in [6.07, 6.45) is 5.80. The maximum absolute atomic E-state index is 13.2. The van der Waals surface area contributed by atoms with Crippen molar-refractivity contribution in [3.8, 4) is 5.75 Å². The van der Waals surface area contributed by atoms with Crippen molar-refractivity contribution in [2.45, 2.75) is 38.1 Å². The smallest absolute Gasteiger partial charge is 0.331 e. The Bertz CT molecular complexity index is 1040. The van der Waals surface area contributed by atoms with Crippen molar-refractivity contribution in [3.05, 3.63) is 60.2 Å². The first kappa shape index (κ1) is 21.6. The van der Waals surface area contributed by atoms with Crippen LogP contribution in [-0.4, -0.2) is 36.5 Å². The molecule has 1 N–H and O–H groups in total. The first-order valence-electron chi connectivity index (χ1n) is 10.8. The number of nitrogens with zero attached hydrogens (tertiary/aromatic N) is 1. The minimum atomic E-state index is -0.921. The molecule has 2 aliphatic rings. The van der Waals surface area contributed by atoms with Crippen LogP contribution in [-0.2, 0) is 19.1 Å². The summed E-state index contributed by atoms with van der Waals surface area (Å²) < 4.78 is 10.6. The minimum Gasteiger partial charge on any atom is -0.494 e. The molecule has 1 aliphatic carbocycles. The number of benzene rings is 2. The summed E-state index contributed by atoms with van der Waals surface area (Å²) in [5, 5.41) is 2.93. The molecule has 0 bridgehead atoms. The molecule has 1 fully saturated rings. The zero-order valence-electron chi connectivity index (χ0n) is 18.0. The van der Waals surface area contributed by atoms with E-state index in [4.69, 9.17) is 9.47 Å². The fraction of sp³-hybridized carbons (Fsp3) is 0.320. The first-order chi connectivity index (χ1) is 15.5. The van der Waals surface area contributed by atoms with Crippen LogP contribution < -0.4 is 15.0 Å². The zero-order valence-corrected chi connectivity index (χ0v) is 18.0. The quantitative estimate of drug-likeness (QED) is 0.550. The van der Waals surface area contributed by atoms with Gasteiger partial charge in [0, 0.05) is 6.08 Å². The van der Waals surface area contributed by atoms with Gasteiger partial charge in [-0.3, -0.25) is 14.5 Å². The van der Waals surface area contributed by atoms with E-state index in [-0.39, 0.29) is 5.91 Å². The number of ether oxygens (including phenoxy) is 2. The van der Waals surface area contributed by atoms with Gasteiger partial charge in [-0.1, -0.05) is 37.1 Å². The second-order valence-electron chi connectivity index (χ2n) is 7.88. The van der Waals surface area contributed by atoms with Crippen LogP contribution in [0.5, 0.6) is 5.75 Å². The van der Waals surface area contributed by atoms with Crippen molar-refractivity contribution in [1.82, 2.24) is 0 Å². The fourth-order valence-electron chi connectivity index (χ4n) is 4.38. The number of amides is 2. The highest BCUT2D eigenvalue weighted by Gasteiger charge is 2.52. The Kier molecular flexibility index (Phi) is 6.25. The molecule has 0 saturated heterocycles. The Morgan fingerprint density at radius 1 is 1.09 bits per heavy atom.